The van der Waals surface area contributed by atoms with E-state index in [-0.39, 0.29) is 22.4 Å². The van der Waals surface area contributed by atoms with Crippen LogP contribution in [0.5, 0.6) is 0 Å². The number of piperidine rings is 1. The Labute approximate surface area is 174 Å². The second kappa shape index (κ2) is 8.49. The highest BCUT2D eigenvalue weighted by molar-refractivity contribution is 14.1. The number of ether oxygens (including phenoxy) is 3. The molecule has 7 heteroatoms. The molecule has 146 valence electrons. The van der Waals surface area contributed by atoms with Crippen LogP contribution in [0.3, 0.4) is 0 Å². The number of hydrogen-bond donors (Lipinski definition) is 0. The third kappa shape index (κ3) is 4.15. The van der Waals surface area contributed by atoms with Gasteiger partial charge in [0.2, 0.25) is 0 Å². The Balaban J connectivity index is 1.69. The number of aryl methyl sites for hydroxylation is 2. The first kappa shape index (κ1) is 20.6. The molecule has 0 amide bonds. The monoisotopic (exact) mass is 495 g/mol. The average Bonchev–Trinajstić information content (AvgIpc) is 2.88. The number of hydrogen-bond acceptors (Lipinski definition) is 5. The van der Waals surface area contributed by atoms with Crippen LogP contribution < -0.4 is 4.90 Å². The molecule has 3 rings (SSSR count). The minimum atomic E-state index is -0.635. The predicted molar refractivity (Wildman–Crippen MR) is 111 cm³/mol. The molecule has 2 fully saturated rings. The van der Waals surface area contributed by atoms with Crippen molar-refractivity contribution < 1.29 is 18.5 Å². The van der Waals surface area contributed by atoms with Crippen LogP contribution in [-0.4, -0.2) is 48.4 Å². The van der Waals surface area contributed by atoms with Crippen molar-refractivity contribution in [3.05, 3.63) is 29.3 Å². The summed E-state index contributed by atoms with van der Waals surface area (Å²) < 4.78 is 23.1. The molecule has 4 atom stereocenters. The van der Waals surface area contributed by atoms with E-state index in [4.69, 9.17) is 30.4 Å². The Morgan fingerprint density at radius 1 is 1.23 bits per heavy atom. The van der Waals surface area contributed by atoms with Gasteiger partial charge in [0.15, 0.2) is 5.79 Å². The highest BCUT2D eigenvalue weighted by atomic mass is 127. The molecule has 2 heterocycles. The van der Waals surface area contributed by atoms with Gasteiger partial charge in [-0.05, 0) is 55.0 Å². The Bertz CT molecular complexity index is 624. The van der Waals surface area contributed by atoms with Crippen molar-refractivity contribution in [3.63, 3.8) is 0 Å². The molecule has 26 heavy (non-hydrogen) atoms. The van der Waals surface area contributed by atoms with Crippen molar-refractivity contribution in [2.45, 2.75) is 61.8 Å². The molecule has 0 radical (unpaired) electrons. The van der Waals surface area contributed by atoms with Crippen molar-refractivity contribution >= 4 is 40.1 Å². The van der Waals surface area contributed by atoms with E-state index in [0.717, 1.165) is 25.9 Å². The Morgan fingerprint density at radius 2 is 1.92 bits per heavy atom. The maximum atomic E-state index is 6.42. The molecule has 2 aliphatic heterocycles. The van der Waals surface area contributed by atoms with Crippen molar-refractivity contribution in [1.82, 2.24) is 0 Å². The molecule has 0 aliphatic carbocycles. The second-order valence-electron chi connectivity index (χ2n) is 7.22. The van der Waals surface area contributed by atoms with Gasteiger partial charge in [-0.1, -0.05) is 17.7 Å². The fourth-order valence-electron chi connectivity index (χ4n) is 3.89. The fourth-order valence-corrected chi connectivity index (χ4v) is 5.15. The van der Waals surface area contributed by atoms with Gasteiger partial charge in [-0.2, -0.15) is 0 Å². The van der Waals surface area contributed by atoms with E-state index < -0.39 is 5.79 Å². The van der Waals surface area contributed by atoms with Gasteiger partial charge >= 0.3 is 0 Å². The van der Waals surface area contributed by atoms with Gasteiger partial charge in [0.1, 0.15) is 16.3 Å². The molecule has 1 aromatic rings. The van der Waals surface area contributed by atoms with Crippen LogP contribution in [0.4, 0.5) is 5.69 Å². The first-order valence-electron chi connectivity index (χ1n) is 9.01. The summed E-state index contributed by atoms with van der Waals surface area (Å²) in [4.78, 5) is 2.40. The number of benzene rings is 1. The smallest absolute Gasteiger partial charge is 0.171 e. The van der Waals surface area contributed by atoms with Gasteiger partial charge in [-0.15, -0.1) is 0 Å². The molecule has 4 unspecified atom stereocenters. The van der Waals surface area contributed by atoms with Crippen LogP contribution in [0, 0.1) is 13.8 Å². The molecule has 0 N–H and O–H groups in total. The summed E-state index contributed by atoms with van der Waals surface area (Å²) in [5.41, 5.74) is 3.87. The van der Waals surface area contributed by atoms with Crippen LogP contribution in [0.1, 0.15) is 30.9 Å². The molecule has 0 aromatic heterocycles. The SMILES string of the molecule is COC1(OC2C(I)OC(C)C2OCl)CCN(c2ccc(C)cc2C)CC1. The molecule has 2 saturated heterocycles. The number of rotatable bonds is 5. The van der Waals surface area contributed by atoms with E-state index >= 15 is 0 Å². The van der Waals surface area contributed by atoms with Gasteiger partial charge < -0.3 is 19.1 Å². The van der Waals surface area contributed by atoms with Crippen molar-refractivity contribution in [2.24, 2.45) is 0 Å². The molecule has 0 bridgehead atoms. The number of anilines is 1. The number of nitrogens with zero attached hydrogens (tertiary/aromatic N) is 1. The highest BCUT2D eigenvalue weighted by Crippen LogP contribution is 2.38. The molecular formula is C19H27ClINO4. The molecule has 0 spiro atoms. The lowest BCUT2D eigenvalue weighted by atomic mass is 10.00. The molecule has 0 saturated carbocycles. The maximum absolute atomic E-state index is 6.42. The summed E-state index contributed by atoms with van der Waals surface area (Å²) in [6.45, 7) is 7.98. The fraction of sp³-hybridized carbons (Fsp3) is 0.684. The van der Waals surface area contributed by atoms with Crippen molar-refractivity contribution in [1.29, 1.82) is 0 Å². The lowest BCUT2D eigenvalue weighted by Gasteiger charge is -2.43. The minimum absolute atomic E-state index is 0.108. The van der Waals surface area contributed by atoms with Crippen LogP contribution in [0.2, 0.25) is 0 Å². The average molecular weight is 496 g/mol. The van der Waals surface area contributed by atoms with Gasteiger partial charge in [0.05, 0.1) is 18.0 Å². The summed E-state index contributed by atoms with van der Waals surface area (Å²) in [6.07, 6.45) is 0.891. The lowest BCUT2D eigenvalue weighted by molar-refractivity contribution is -0.263. The summed E-state index contributed by atoms with van der Waals surface area (Å²) in [6, 6.07) is 6.59. The molecule has 2 aliphatic rings. The number of alkyl halides is 1. The van der Waals surface area contributed by atoms with Crippen LogP contribution in [-0.2, 0) is 18.5 Å². The van der Waals surface area contributed by atoms with Crippen molar-refractivity contribution in [3.8, 4) is 0 Å². The minimum Gasteiger partial charge on any atom is -0.371 e. The van der Waals surface area contributed by atoms with E-state index in [9.17, 15) is 0 Å². The summed E-state index contributed by atoms with van der Waals surface area (Å²) in [5, 5.41) is 0. The zero-order valence-electron chi connectivity index (χ0n) is 15.7. The summed E-state index contributed by atoms with van der Waals surface area (Å²) in [5.74, 6) is -0.635. The van der Waals surface area contributed by atoms with Crippen LogP contribution >= 0.6 is 34.5 Å². The molecular weight excluding hydrogens is 469 g/mol. The van der Waals surface area contributed by atoms with Crippen molar-refractivity contribution in [2.75, 3.05) is 25.1 Å². The van der Waals surface area contributed by atoms with E-state index in [2.05, 4.69) is 59.5 Å². The summed E-state index contributed by atoms with van der Waals surface area (Å²) >= 11 is 7.93. The Morgan fingerprint density at radius 3 is 2.50 bits per heavy atom. The topological polar surface area (TPSA) is 40.2 Å². The van der Waals surface area contributed by atoms with Gasteiger partial charge in [0.25, 0.3) is 0 Å². The van der Waals surface area contributed by atoms with E-state index in [1.807, 2.05) is 6.92 Å². The van der Waals surface area contributed by atoms with Crippen LogP contribution in [0.25, 0.3) is 0 Å². The first-order chi connectivity index (χ1) is 12.4. The van der Waals surface area contributed by atoms with Gasteiger partial charge in [-0.3, -0.25) is 4.29 Å². The maximum Gasteiger partial charge on any atom is 0.171 e. The number of methoxy groups -OCH3 is 1. The normalized spacial score (nSPS) is 31.4. The highest BCUT2D eigenvalue weighted by Gasteiger charge is 2.48. The first-order valence-corrected chi connectivity index (χ1v) is 10.6. The standard InChI is InChI=1S/C19H27ClINO4/c1-12-5-6-15(13(2)11-12)22-9-7-19(23-4,8-10-22)25-17-16(26-20)14(3)24-18(17)21/h5-6,11,14,16-18H,7-10H2,1-4H3. The summed E-state index contributed by atoms with van der Waals surface area (Å²) in [7, 11) is 1.71. The zero-order chi connectivity index (χ0) is 18.9. The van der Waals surface area contributed by atoms with E-state index in [1.165, 1.54) is 16.8 Å². The third-order valence-corrected chi connectivity index (χ3v) is 6.64. The second-order valence-corrected chi connectivity index (χ2v) is 8.63. The van der Waals surface area contributed by atoms with Crippen LogP contribution in [0.15, 0.2) is 18.2 Å². The number of halogens is 2. The van der Waals surface area contributed by atoms with Gasteiger partial charge in [-0.25, -0.2) is 0 Å². The Hall–Kier alpha value is -0.120. The largest absolute Gasteiger partial charge is 0.371 e. The van der Waals surface area contributed by atoms with E-state index in [1.54, 1.807) is 7.11 Å². The zero-order valence-corrected chi connectivity index (χ0v) is 18.6. The molecule has 1 aromatic carbocycles. The van der Waals surface area contributed by atoms with E-state index in [0.29, 0.717) is 0 Å². The lowest BCUT2D eigenvalue weighted by Crippen LogP contribution is -2.51. The quantitative estimate of drug-likeness (QED) is 0.345. The third-order valence-electron chi connectivity index (χ3n) is 5.43. The van der Waals surface area contributed by atoms with Gasteiger partial charge in [0, 0.05) is 38.7 Å². The molecule has 5 nitrogen and oxygen atoms in total. The Kier molecular flexibility index (Phi) is 6.73. The predicted octanol–water partition coefficient (Wildman–Crippen LogP) is 4.35.